The Morgan fingerprint density at radius 3 is 2.46 bits per heavy atom. The van der Waals surface area contributed by atoms with E-state index in [1.807, 2.05) is 60.9 Å². The van der Waals surface area contributed by atoms with Crippen LogP contribution in [-0.2, 0) is 26.5 Å². The van der Waals surface area contributed by atoms with E-state index in [0.717, 1.165) is 22.6 Å². The lowest BCUT2D eigenvalue weighted by Gasteiger charge is -2.30. The average Bonchev–Trinajstić information content (AvgIpc) is 3.47. The van der Waals surface area contributed by atoms with Gasteiger partial charge < -0.3 is 4.90 Å². The standard InChI is InChI=1S/C29H26ClN3O3S/c1-37-15-14-22-24-25(27(35)33(26(24)34)20-11-7-10-19(30)16-20)29(31-22)21-12-5-6-13-23(21)32(28(29)36)17-18-8-3-2-4-9-18/h2-13,16,22,24-25,31H,14-15,17H2,1H3/t22-,24+,25-,29-/m0/s1. The Labute approximate surface area is 225 Å². The number of carbonyl (C=O) groups excluding carboxylic acids is 3. The van der Waals surface area contributed by atoms with Crippen molar-refractivity contribution in [2.75, 3.05) is 21.8 Å². The summed E-state index contributed by atoms with van der Waals surface area (Å²) in [6.45, 7) is 0.382. The number of thioether (sulfide) groups is 1. The van der Waals surface area contributed by atoms with Crippen LogP contribution < -0.4 is 15.1 Å². The van der Waals surface area contributed by atoms with E-state index in [9.17, 15) is 14.4 Å². The highest BCUT2D eigenvalue weighted by molar-refractivity contribution is 7.98. The molecule has 4 atom stereocenters. The van der Waals surface area contributed by atoms with Gasteiger partial charge in [0, 0.05) is 22.3 Å². The van der Waals surface area contributed by atoms with Gasteiger partial charge in [-0.2, -0.15) is 11.8 Å². The minimum Gasteiger partial charge on any atom is -0.306 e. The molecule has 3 amide bonds. The van der Waals surface area contributed by atoms with Crippen molar-refractivity contribution in [3.63, 3.8) is 0 Å². The number of fused-ring (bicyclic) bond motifs is 4. The van der Waals surface area contributed by atoms with E-state index in [1.54, 1.807) is 40.9 Å². The van der Waals surface area contributed by atoms with Crippen molar-refractivity contribution in [3.05, 3.63) is 95.0 Å². The van der Waals surface area contributed by atoms with Gasteiger partial charge in [-0.1, -0.05) is 66.2 Å². The van der Waals surface area contributed by atoms with E-state index < -0.39 is 17.4 Å². The highest BCUT2D eigenvalue weighted by Crippen LogP contribution is 2.55. The fourth-order valence-corrected chi connectivity index (χ4v) is 6.91. The molecule has 3 aliphatic heterocycles. The fraction of sp³-hybridized carbons (Fsp3) is 0.276. The molecule has 6 nitrogen and oxygen atoms in total. The normalized spacial score (nSPS) is 26.3. The van der Waals surface area contributed by atoms with Gasteiger partial charge in [-0.25, -0.2) is 4.90 Å². The maximum atomic E-state index is 14.5. The third kappa shape index (κ3) is 3.63. The molecule has 3 aliphatic rings. The minimum atomic E-state index is -1.31. The molecule has 0 aliphatic carbocycles. The van der Waals surface area contributed by atoms with Crippen LogP contribution in [0.25, 0.3) is 0 Å². The van der Waals surface area contributed by atoms with Crippen molar-refractivity contribution in [2.45, 2.75) is 24.5 Å². The lowest BCUT2D eigenvalue weighted by Crippen LogP contribution is -2.55. The number of para-hydroxylation sites is 1. The molecule has 2 saturated heterocycles. The Bertz CT molecular complexity index is 1400. The summed E-state index contributed by atoms with van der Waals surface area (Å²) in [7, 11) is 0. The van der Waals surface area contributed by atoms with Crippen molar-refractivity contribution in [1.29, 1.82) is 0 Å². The summed E-state index contributed by atoms with van der Waals surface area (Å²) in [6.07, 6.45) is 2.68. The first kappa shape index (κ1) is 24.2. The molecule has 3 aromatic rings. The molecule has 8 heteroatoms. The molecule has 37 heavy (non-hydrogen) atoms. The van der Waals surface area contributed by atoms with Gasteiger partial charge in [0.2, 0.25) is 11.8 Å². The second-order valence-electron chi connectivity index (χ2n) is 9.73. The van der Waals surface area contributed by atoms with Gasteiger partial charge in [0.15, 0.2) is 0 Å². The summed E-state index contributed by atoms with van der Waals surface area (Å²) in [6, 6.07) is 23.9. The Kier molecular flexibility index (Phi) is 6.10. The van der Waals surface area contributed by atoms with Crippen molar-refractivity contribution in [3.8, 4) is 0 Å². The summed E-state index contributed by atoms with van der Waals surface area (Å²) >= 11 is 7.90. The molecule has 0 bridgehead atoms. The van der Waals surface area contributed by atoms with Crippen molar-refractivity contribution in [2.24, 2.45) is 11.8 Å². The van der Waals surface area contributed by atoms with E-state index in [2.05, 4.69) is 5.32 Å². The zero-order valence-corrected chi connectivity index (χ0v) is 21.8. The number of amides is 3. The zero-order valence-electron chi connectivity index (χ0n) is 20.3. The van der Waals surface area contributed by atoms with E-state index in [-0.39, 0.29) is 23.8 Å². The van der Waals surface area contributed by atoms with Crippen LogP contribution in [0, 0.1) is 11.8 Å². The lowest BCUT2D eigenvalue weighted by atomic mass is 9.76. The molecule has 0 unspecified atom stereocenters. The van der Waals surface area contributed by atoms with Crippen LogP contribution in [0.3, 0.4) is 0 Å². The van der Waals surface area contributed by atoms with Crippen molar-refractivity contribution in [1.82, 2.24) is 5.32 Å². The van der Waals surface area contributed by atoms with Crippen LogP contribution in [-0.4, -0.2) is 35.8 Å². The SMILES string of the molecule is CSCC[C@@H]1N[C@]2(C(=O)N(Cc3ccccc3)c3ccccc32)[C@@H]2C(=O)N(c3cccc(Cl)c3)C(=O)[C@H]12. The van der Waals surface area contributed by atoms with Crippen LogP contribution in [0.5, 0.6) is 0 Å². The molecule has 2 fully saturated rings. The Morgan fingerprint density at radius 1 is 0.946 bits per heavy atom. The van der Waals surface area contributed by atoms with Gasteiger partial charge in [-0.3, -0.25) is 19.7 Å². The minimum absolute atomic E-state index is 0.187. The van der Waals surface area contributed by atoms with Gasteiger partial charge in [0.05, 0.1) is 24.1 Å². The number of hydrogen-bond acceptors (Lipinski definition) is 5. The Hall–Kier alpha value is -3.13. The fourth-order valence-electron chi connectivity index (χ4n) is 6.23. The Morgan fingerprint density at radius 2 is 1.70 bits per heavy atom. The number of imide groups is 1. The van der Waals surface area contributed by atoms with Crippen LogP contribution in [0.15, 0.2) is 78.9 Å². The number of nitrogens with zero attached hydrogens (tertiary/aromatic N) is 2. The third-order valence-electron chi connectivity index (χ3n) is 7.75. The summed E-state index contributed by atoms with van der Waals surface area (Å²) in [5.74, 6) is -1.51. The number of carbonyl (C=O) groups is 3. The maximum absolute atomic E-state index is 14.5. The van der Waals surface area contributed by atoms with Gasteiger partial charge in [0.1, 0.15) is 5.54 Å². The first-order valence-electron chi connectivity index (χ1n) is 12.3. The van der Waals surface area contributed by atoms with Crippen molar-refractivity contribution < 1.29 is 14.4 Å². The Balaban J connectivity index is 1.48. The summed E-state index contributed by atoms with van der Waals surface area (Å²) in [5, 5.41) is 4.01. The second kappa shape index (κ2) is 9.31. The highest BCUT2D eigenvalue weighted by atomic mass is 35.5. The molecular formula is C29H26ClN3O3S. The molecule has 3 aromatic carbocycles. The predicted octanol–water partition coefficient (Wildman–Crippen LogP) is 4.61. The third-order valence-corrected chi connectivity index (χ3v) is 8.63. The summed E-state index contributed by atoms with van der Waals surface area (Å²) < 4.78 is 0. The van der Waals surface area contributed by atoms with Crippen LogP contribution in [0.4, 0.5) is 11.4 Å². The number of benzene rings is 3. The molecule has 188 valence electrons. The molecular weight excluding hydrogens is 506 g/mol. The molecule has 0 saturated carbocycles. The zero-order chi connectivity index (χ0) is 25.7. The average molecular weight is 532 g/mol. The molecule has 6 rings (SSSR count). The quantitative estimate of drug-likeness (QED) is 0.470. The lowest BCUT2D eigenvalue weighted by molar-refractivity contribution is -0.132. The van der Waals surface area contributed by atoms with E-state index >= 15 is 0 Å². The first-order valence-corrected chi connectivity index (χ1v) is 14.1. The second-order valence-corrected chi connectivity index (χ2v) is 11.2. The maximum Gasteiger partial charge on any atom is 0.253 e. The van der Waals surface area contributed by atoms with Crippen LogP contribution in [0.2, 0.25) is 5.02 Å². The number of rotatable bonds is 6. The summed E-state index contributed by atoms with van der Waals surface area (Å²) in [4.78, 5) is 45.5. The van der Waals surface area contributed by atoms with Gasteiger partial charge in [0.25, 0.3) is 5.91 Å². The van der Waals surface area contributed by atoms with Crippen molar-refractivity contribution >= 4 is 52.5 Å². The van der Waals surface area contributed by atoms with Crippen LogP contribution in [0.1, 0.15) is 17.5 Å². The number of halogens is 1. The van der Waals surface area contributed by atoms with Crippen LogP contribution >= 0.6 is 23.4 Å². The topological polar surface area (TPSA) is 69.7 Å². The van der Waals surface area contributed by atoms with Gasteiger partial charge in [-0.15, -0.1) is 0 Å². The van der Waals surface area contributed by atoms with E-state index in [1.165, 1.54) is 4.90 Å². The van der Waals surface area contributed by atoms with Gasteiger partial charge >= 0.3 is 0 Å². The summed E-state index contributed by atoms with van der Waals surface area (Å²) in [5.41, 5.74) is 1.65. The van der Waals surface area contributed by atoms with E-state index in [0.29, 0.717) is 23.7 Å². The predicted molar refractivity (Wildman–Crippen MR) is 147 cm³/mol. The monoisotopic (exact) mass is 531 g/mol. The number of nitrogens with one attached hydrogen (secondary N) is 1. The molecule has 1 N–H and O–H groups in total. The molecule has 0 aromatic heterocycles. The largest absolute Gasteiger partial charge is 0.306 e. The molecule has 1 spiro atoms. The van der Waals surface area contributed by atoms with Gasteiger partial charge in [-0.05, 0) is 48.3 Å². The first-order chi connectivity index (χ1) is 18.0. The smallest absolute Gasteiger partial charge is 0.253 e. The highest BCUT2D eigenvalue weighted by Gasteiger charge is 2.71. The molecule has 0 radical (unpaired) electrons. The molecule has 3 heterocycles. The number of anilines is 2. The number of hydrogen-bond donors (Lipinski definition) is 1. The van der Waals surface area contributed by atoms with E-state index in [4.69, 9.17) is 11.6 Å².